The van der Waals surface area contributed by atoms with Crippen LogP contribution in [0.2, 0.25) is 0 Å². The van der Waals surface area contributed by atoms with Crippen LogP contribution in [0.15, 0.2) is 160 Å². The number of anilines is 3. The molecule has 0 unspecified atom stereocenters. The maximum absolute atomic E-state index is 6.91. The van der Waals surface area contributed by atoms with E-state index in [1.54, 1.807) is 0 Å². The number of fused-ring (bicyclic) bond motifs is 8. The SMILES string of the molecule is c1ccc(-c2cc3c4cccc(N(c5ccccc5)c5cccc6c5oc5ccccc56)c4oc3c3ccccc23)cc1. The van der Waals surface area contributed by atoms with Gasteiger partial charge in [0, 0.05) is 32.6 Å². The number of nitrogens with zero attached hydrogens (tertiary/aromatic N) is 1. The number of hydrogen-bond donors (Lipinski definition) is 0. The van der Waals surface area contributed by atoms with E-state index in [0.29, 0.717) is 0 Å². The minimum Gasteiger partial charge on any atom is -0.454 e. The summed E-state index contributed by atoms with van der Waals surface area (Å²) in [5.41, 5.74) is 8.78. The summed E-state index contributed by atoms with van der Waals surface area (Å²) in [7, 11) is 0. The quantitative estimate of drug-likeness (QED) is 0.218. The molecule has 0 fully saturated rings. The fourth-order valence-corrected chi connectivity index (χ4v) is 6.53. The van der Waals surface area contributed by atoms with E-state index in [2.05, 4.69) is 138 Å². The van der Waals surface area contributed by atoms with Crippen molar-refractivity contribution in [2.24, 2.45) is 0 Å². The molecule has 3 nitrogen and oxygen atoms in total. The van der Waals surface area contributed by atoms with Gasteiger partial charge in [0.1, 0.15) is 11.2 Å². The molecule has 0 radical (unpaired) electrons. The molecule has 9 rings (SSSR count). The number of hydrogen-bond acceptors (Lipinski definition) is 3. The van der Waals surface area contributed by atoms with Crippen molar-refractivity contribution in [1.29, 1.82) is 0 Å². The van der Waals surface area contributed by atoms with Gasteiger partial charge in [-0.25, -0.2) is 0 Å². The molecule has 0 saturated heterocycles. The third-order valence-corrected chi connectivity index (χ3v) is 8.45. The second-order valence-corrected chi connectivity index (χ2v) is 10.9. The van der Waals surface area contributed by atoms with Crippen LogP contribution in [0.25, 0.3) is 65.8 Å². The second kappa shape index (κ2) is 9.37. The smallest absolute Gasteiger partial charge is 0.159 e. The molecule has 0 N–H and O–H groups in total. The Morgan fingerprint density at radius 3 is 1.65 bits per heavy atom. The van der Waals surface area contributed by atoms with E-state index in [4.69, 9.17) is 8.83 Å². The Morgan fingerprint density at radius 1 is 0.372 bits per heavy atom. The molecule has 2 heterocycles. The molecule has 0 atom stereocenters. The van der Waals surface area contributed by atoms with Gasteiger partial charge in [-0.3, -0.25) is 0 Å². The van der Waals surface area contributed by atoms with Crippen molar-refractivity contribution >= 4 is 71.7 Å². The van der Waals surface area contributed by atoms with Crippen LogP contribution in [0.3, 0.4) is 0 Å². The van der Waals surface area contributed by atoms with Crippen LogP contribution >= 0.6 is 0 Å². The molecule has 2 aromatic heterocycles. The first-order valence-electron chi connectivity index (χ1n) is 14.5. The van der Waals surface area contributed by atoms with Gasteiger partial charge < -0.3 is 13.7 Å². The molecule has 0 amide bonds. The highest BCUT2D eigenvalue weighted by Crippen LogP contribution is 2.47. The minimum absolute atomic E-state index is 0.838. The fourth-order valence-electron chi connectivity index (χ4n) is 6.53. The summed E-state index contributed by atoms with van der Waals surface area (Å²) in [5.74, 6) is 0. The lowest BCUT2D eigenvalue weighted by atomic mass is 9.95. The molecule has 0 aliphatic heterocycles. The van der Waals surface area contributed by atoms with E-state index in [0.717, 1.165) is 66.3 Å². The van der Waals surface area contributed by atoms with E-state index in [-0.39, 0.29) is 0 Å². The van der Waals surface area contributed by atoms with Gasteiger partial charge in [-0.05, 0) is 52.9 Å². The molecule has 3 heteroatoms. The fraction of sp³-hybridized carbons (Fsp3) is 0. The lowest BCUT2D eigenvalue weighted by molar-refractivity contribution is 0.667. The highest BCUT2D eigenvalue weighted by Gasteiger charge is 2.24. The first kappa shape index (κ1) is 23.9. The zero-order chi connectivity index (χ0) is 28.3. The van der Waals surface area contributed by atoms with E-state index in [9.17, 15) is 0 Å². The Labute approximate surface area is 247 Å². The standard InChI is InChI=1S/C40H25NO2/c1-3-13-26(14-4-1)33-25-34-32-21-12-23-36(40(32)43-38(34)30-19-8-7-17-28(30)33)41(27-15-5-2-6-16-27)35-22-11-20-31-29-18-9-10-24-37(29)42-39(31)35/h1-25H. The summed E-state index contributed by atoms with van der Waals surface area (Å²) in [6.07, 6.45) is 0. The minimum atomic E-state index is 0.838. The summed E-state index contributed by atoms with van der Waals surface area (Å²) < 4.78 is 13.4. The number of furan rings is 2. The van der Waals surface area contributed by atoms with E-state index >= 15 is 0 Å². The van der Waals surface area contributed by atoms with Crippen molar-refractivity contribution in [2.45, 2.75) is 0 Å². The van der Waals surface area contributed by atoms with E-state index < -0.39 is 0 Å². The van der Waals surface area contributed by atoms with Crippen LogP contribution in [0.5, 0.6) is 0 Å². The molecule has 0 bridgehead atoms. The average Bonchev–Trinajstić information content (AvgIpc) is 3.65. The van der Waals surface area contributed by atoms with E-state index in [1.165, 1.54) is 16.5 Å². The van der Waals surface area contributed by atoms with Gasteiger partial charge in [-0.1, -0.05) is 115 Å². The van der Waals surface area contributed by atoms with Crippen molar-refractivity contribution in [3.8, 4) is 11.1 Å². The van der Waals surface area contributed by atoms with Gasteiger partial charge in [0.15, 0.2) is 11.2 Å². The van der Waals surface area contributed by atoms with Crippen LogP contribution in [0, 0.1) is 0 Å². The largest absolute Gasteiger partial charge is 0.454 e. The molecular formula is C40H25NO2. The Hall–Kier alpha value is -5.80. The Kier molecular flexibility index (Phi) is 5.20. The summed E-state index contributed by atoms with van der Waals surface area (Å²) >= 11 is 0. The Balaban J connectivity index is 1.37. The predicted molar refractivity (Wildman–Crippen MR) is 179 cm³/mol. The van der Waals surface area contributed by atoms with Gasteiger partial charge >= 0.3 is 0 Å². The molecule has 43 heavy (non-hydrogen) atoms. The highest BCUT2D eigenvalue weighted by molar-refractivity contribution is 6.21. The highest BCUT2D eigenvalue weighted by atomic mass is 16.3. The maximum Gasteiger partial charge on any atom is 0.159 e. The molecule has 202 valence electrons. The van der Waals surface area contributed by atoms with Crippen molar-refractivity contribution in [3.05, 3.63) is 152 Å². The molecule has 0 spiro atoms. The van der Waals surface area contributed by atoms with Crippen LogP contribution in [-0.4, -0.2) is 0 Å². The second-order valence-electron chi connectivity index (χ2n) is 10.9. The summed E-state index contributed by atoms with van der Waals surface area (Å²) in [5, 5.41) is 6.65. The summed E-state index contributed by atoms with van der Waals surface area (Å²) in [4.78, 5) is 2.26. The lowest BCUT2D eigenvalue weighted by Gasteiger charge is -2.25. The molecule has 0 aliphatic carbocycles. The normalized spacial score (nSPS) is 11.7. The van der Waals surface area contributed by atoms with E-state index in [1.807, 2.05) is 18.2 Å². The molecule has 9 aromatic rings. The van der Waals surface area contributed by atoms with Gasteiger partial charge in [0.2, 0.25) is 0 Å². The Bertz CT molecular complexity index is 2450. The van der Waals surface area contributed by atoms with Crippen LogP contribution < -0.4 is 4.90 Å². The third kappa shape index (κ3) is 3.62. The zero-order valence-electron chi connectivity index (χ0n) is 23.2. The third-order valence-electron chi connectivity index (χ3n) is 8.45. The van der Waals surface area contributed by atoms with Gasteiger partial charge in [0.25, 0.3) is 0 Å². The first-order chi connectivity index (χ1) is 21.3. The van der Waals surface area contributed by atoms with Crippen molar-refractivity contribution in [2.75, 3.05) is 4.90 Å². The van der Waals surface area contributed by atoms with Crippen molar-refractivity contribution < 1.29 is 8.83 Å². The number of rotatable bonds is 4. The van der Waals surface area contributed by atoms with Gasteiger partial charge in [-0.2, -0.15) is 0 Å². The topological polar surface area (TPSA) is 29.5 Å². The predicted octanol–water partition coefficient (Wildman–Crippen LogP) is 11.8. The number of benzene rings is 7. The summed E-state index contributed by atoms with van der Waals surface area (Å²) in [6.45, 7) is 0. The van der Waals surface area contributed by atoms with Crippen molar-refractivity contribution in [3.63, 3.8) is 0 Å². The molecule has 0 saturated carbocycles. The molecular weight excluding hydrogens is 526 g/mol. The lowest BCUT2D eigenvalue weighted by Crippen LogP contribution is -2.10. The van der Waals surface area contributed by atoms with Crippen molar-refractivity contribution in [1.82, 2.24) is 0 Å². The first-order valence-corrected chi connectivity index (χ1v) is 14.5. The van der Waals surface area contributed by atoms with Gasteiger partial charge in [0.05, 0.1) is 11.4 Å². The van der Waals surface area contributed by atoms with Crippen LogP contribution in [0.4, 0.5) is 17.1 Å². The average molecular weight is 552 g/mol. The van der Waals surface area contributed by atoms with Crippen LogP contribution in [-0.2, 0) is 0 Å². The monoisotopic (exact) mass is 551 g/mol. The van der Waals surface area contributed by atoms with Crippen LogP contribution in [0.1, 0.15) is 0 Å². The Morgan fingerprint density at radius 2 is 0.907 bits per heavy atom. The molecule has 0 aliphatic rings. The zero-order valence-corrected chi connectivity index (χ0v) is 23.2. The summed E-state index contributed by atoms with van der Waals surface area (Å²) in [6, 6.07) is 52.9. The maximum atomic E-state index is 6.91. The molecule has 7 aromatic carbocycles. The number of para-hydroxylation sites is 4. The van der Waals surface area contributed by atoms with Gasteiger partial charge in [-0.15, -0.1) is 0 Å².